The van der Waals surface area contributed by atoms with Crippen LogP contribution in [0.3, 0.4) is 0 Å². The molecule has 0 spiro atoms. The molecule has 0 saturated carbocycles. The number of aliphatic hydroxyl groups is 1. The second-order valence-corrected chi connectivity index (χ2v) is 5.18. The van der Waals surface area contributed by atoms with Crippen molar-refractivity contribution >= 4 is 5.91 Å². The monoisotopic (exact) mass is 270 g/mol. The standard InChI is InChI=1S/C16H18N2O2/c1-16(2,20)14-7-5-12(6-8-14)10-18-15(19)13-4-3-9-17-11-13/h3-9,11,20H,10H2,1-2H3,(H,18,19). The summed E-state index contributed by atoms with van der Waals surface area (Å²) < 4.78 is 0. The summed E-state index contributed by atoms with van der Waals surface area (Å²) >= 11 is 0. The maximum absolute atomic E-state index is 11.9. The van der Waals surface area contributed by atoms with Crippen molar-refractivity contribution < 1.29 is 9.90 Å². The molecular weight excluding hydrogens is 252 g/mol. The van der Waals surface area contributed by atoms with E-state index in [9.17, 15) is 9.90 Å². The third-order valence-corrected chi connectivity index (χ3v) is 3.04. The van der Waals surface area contributed by atoms with Crippen LogP contribution in [0.5, 0.6) is 0 Å². The number of carbonyl (C=O) groups excluding carboxylic acids is 1. The molecule has 20 heavy (non-hydrogen) atoms. The summed E-state index contributed by atoms with van der Waals surface area (Å²) in [6.45, 7) is 3.93. The highest BCUT2D eigenvalue weighted by Gasteiger charge is 2.15. The maximum atomic E-state index is 11.9. The average molecular weight is 270 g/mol. The zero-order valence-electron chi connectivity index (χ0n) is 11.6. The van der Waals surface area contributed by atoms with Crippen molar-refractivity contribution in [2.24, 2.45) is 0 Å². The van der Waals surface area contributed by atoms with Crippen molar-refractivity contribution in [3.8, 4) is 0 Å². The van der Waals surface area contributed by atoms with Gasteiger partial charge in [-0.25, -0.2) is 0 Å². The number of hydrogen-bond donors (Lipinski definition) is 2. The Hall–Kier alpha value is -2.20. The van der Waals surface area contributed by atoms with Crippen LogP contribution < -0.4 is 5.32 Å². The van der Waals surface area contributed by atoms with Crippen LogP contribution >= 0.6 is 0 Å². The first-order chi connectivity index (χ1) is 9.47. The lowest BCUT2D eigenvalue weighted by Gasteiger charge is -2.17. The van der Waals surface area contributed by atoms with Gasteiger partial charge in [0.2, 0.25) is 0 Å². The molecule has 4 nitrogen and oxygen atoms in total. The number of nitrogens with zero attached hydrogens (tertiary/aromatic N) is 1. The molecule has 0 fully saturated rings. The highest BCUT2D eigenvalue weighted by atomic mass is 16.3. The van der Waals surface area contributed by atoms with Crippen LogP contribution in [-0.4, -0.2) is 16.0 Å². The van der Waals surface area contributed by atoms with Gasteiger partial charge >= 0.3 is 0 Å². The molecule has 0 radical (unpaired) electrons. The van der Waals surface area contributed by atoms with Gasteiger partial charge in [0, 0.05) is 18.9 Å². The minimum absolute atomic E-state index is 0.148. The number of pyridine rings is 1. The summed E-state index contributed by atoms with van der Waals surface area (Å²) in [6.07, 6.45) is 3.17. The van der Waals surface area contributed by atoms with Crippen LogP contribution in [0.2, 0.25) is 0 Å². The van der Waals surface area contributed by atoms with Gasteiger partial charge in [0.1, 0.15) is 0 Å². The number of benzene rings is 1. The van der Waals surface area contributed by atoms with Crippen LogP contribution in [0.1, 0.15) is 35.3 Å². The SMILES string of the molecule is CC(C)(O)c1ccc(CNC(=O)c2cccnc2)cc1. The van der Waals surface area contributed by atoms with Crippen LogP contribution in [0.25, 0.3) is 0 Å². The van der Waals surface area contributed by atoms with Gasteiger partial charge in [0.05, 0.1) is 11.2 Å². The molecule has 4 heteroatoms. The van der Waals surface area contributed by atoms with Crippen molar-refractivity contribution in [3.05, 3.63) is 65.5 Å². The molecule has 1 aromatic heterocycles. The third-order valence-electron chi connectivity index (χ3n) is 3.04. The van der Waals surface area contributed by atoms with E-state index in [1.807, 2.05) is 24.3 Å². The van der Waals surface area contributed by atoms with E-state index in [2.05, 4.69) is 10.3 Å². The number of nitrogens with one attached hydrogen (secondary N) is 1. The van der Waals surface area contributed by atoms with Crippen LogP contribution in [0, 0.1) is 0 Å². The van der Waals surface area contributed by atoms with Gasteiger partial charge in [-0.15, -0.1) is 0 Å². The van der Waals surface area contributed by atoms with Crippen molar-refractivity contribution in [2.45, 2.75) is 26.0 Å². The van der Waals surface area contributed by atoms with Gasteiger partial charge in [-0.3, -0.25) is 9.78 Å². The van der Waals surface area contributed by atoms with E-state index in [-0.39, 0.29) is 5.91 Å². The second kappa shape index (κ2) is 5.84. The summed E-state index contributed by atoms with van der Waals surface area (Å²) in [5.41, 5.74) is 1.52. The average Bonchev–Trinajstić information content (AvgIpc) is 2.45. The molecule has 0 aliphatic carbocycles. The fraction of sp³-hybridized carbons (Fsp3) is 0.250. The predicted octanol–water partition coefficient (Wildman–Crippen LogP) is 2.24. The summed E-state index contributed by atoms with van der Waals surface area (Å²) in [6, 6.07) is 11.0. The van der Waals surface area contributed by atoms with Gasteiger partial charge < -0.3 is 10.4 Å². The maximum Gasteiger partial charge on any atom is 0.253 e. The molecule has 1 heterocycles. The number of hydrogen-bond acceptors (Lipinski definition) is 3. The largest absolute Gasteiger partial charge is 0.386 e. The molecule has 1 amide bonds. The summed E-state index contributed by atoms with van der Waals surface area (Å²) in [5.74, 6) is -0.148. The summed E-state index contributed by atoms with van der Waals surface area (Å²) in [4.78, 5) is 15.8. The Labute approximate surface area is 118 Å². The first-order valence-electron chi connectivity index (χ1n) is 6.47. The molecule has 0 aliphatic rings. The Bertz CT molecular complexity index is 572. The number of carbonyl (C=O) groups is 1. The molecule has 0 saturated heterocycles. The Kier molecular flexibility index (Phi) is 4.15. The number of aromatic nitrogens is 1. The van der Waals surface area contributed by atoms with Crippen molar-refractivity contribution in [1.82, 2.24) is 10.3 Å². The van der Waals surface area contributed by atoms with Gasteiger partial charge in [0.25, 0.3) is 5.91 Å². The number of amides is 1. The first-order valence-corrected chi connectivity index (χ1v) is 6.47. The molecule has 0 bridgehead atoms. The molecule has 0 atom stereocenters. The molecular formula is C16H18N2O2. The van der Waals surface area contributed by atoms with Crippen LogP contribution in [0.4, 0.5) is 0 Å². The molecule has 2 N–H and O–H groups in total. The van der Waals surface area contributed by atoms with Gasteiger partial charge in [0.15, 0.2) is 0 Å². The Morgan fingerprint density at radius 1 is 1.25 bits per heavy atom. The Morgan fingerprint density at radius 3 is 2.50 bits per heavy atom. The predicted molar refractivity (Wildman–Crippen MR) is 77.1 cm³/mol. The highest BCUT2D eigenvalue weighted by molar-refractivity contribution is 5.93. The van der Waals surface area contributed by atoms with Crippen molar-refractivity contribution in [3.63, 3.8) is 0 Å². The lowest BCUT2D eigenvalue weighted by Crippen LogP contribution is -2.23. The van der Waals surface area contributed by atoms with E-state index >= 15 is 0 Å². The lowest BCUT2D eigenvalue weighted by molar-refractivity contribution is 0.0785. The van der Waals surface area contributed by atoms with E-state index in [4.69, 9.17) is 0 Å². The van der Waals surface area contributed by atoms with Gasteiger partial charge in [-0.1, -0.05) is 24.3 Å². The summed E-state index contributed by atoms with van der Waals surface area (Å²) in [5, 5.41) is 12.7. The molecule has 104 valence electrons. The highest BCUT2D eigenvalue weighted by Crippen LogP contribution is 2.19. The van der Waals surface area contributed by atoms with Gasteiger partial charge in [-0.2, -0.15) is 0 Å². The van der Waals surface area contributed by atoms with Gasteiger partial charge in [-0.05, 0) is 37.1 Å². The molecule has 0 aliphatic heterocycles. The quantitative estimate of drug-likeness (QED) is 0.895. The van der Waals surface area contributed by atoms with E-state index in [0.717, 1.165) is 11.1 Å². The molecule has 0 unspecified atom stereocenters. The zero-order valence-corrected chi connectivity index (χ0v) is 11.6. The van der Waals surface area contributed by atoms with E-state index in [0.29, 0.717) is 12.1 Å². The topological polar surface area (TPSA) is 62.2 Å². The van der Waals surface area contributed by atoms with Crippen molar-refractivity contribution in [1.29, 1.82) is 0 Å². The zero-order chi connectivity index (χ0) is 14.6. The summed E-state index contributed by atoms with van der Waals surface area (Å²) in [7, 11) is 0. The minimum Gasteiger partial charge on any atom is -0.386 e. The molecule has 2 aromatic rings. The van der Waals surface area contributed by atoms with E-state index < -0.39 is 5.60 Å². The molecule has 2 rings (SSSR count). The lowest BCUT2D eigenvalue weighted by atomic mass is 9.97. The fourth-order valence-corrected chi connectivity index (χ4v) is 1.81. The third kappa shape index (κ3) is 3.65. The van der Waals surface area contributed by atoms with Crippen molar-refractivity contribution in [2.75, 3.05) is 0 Å². The Balaban J connectivity index is 1.96. The number of rotatable bonds is 4. The first kappa shape index (κ1) is 14.2. The molecule has 1 aromatic carbocycles. The minimum atomic E-state index is -0.850. The second-order valence-electron chi connectivity index (χ2n) is 5.18. The van der Waals surface area contributed by atoms with E-state index in [1.54, 1.807) is 32.2 Å². The smallest absolute Gasteiger partial charge is 0.253 e. The fourth-order valence-electron chi connectivity index (χ4n) is 1.81. The van der Waals surface area contributed by atoms with Crippen LogP contribution in [0.15, 0.2) is 48.8 Å². The normalized spacial score (nSPS) is 11.2. The van der Waals surface area contributed by atoms with Crippen LogP contribution in [-0.2, 0) is 12.1 Å². The Morgan fingerprint density at radius 2 is 1.95 bits per heavy atom. The van der Waals surface area contributed by atoms with E-state index in [1.165, 1.54) is 6.20 Å².